The topological polar surface area (TPSA) is 65.2 Å². The zero-order valence-electron chi connectivity index (χ0n) is 13.1. The SMILES string of the molecule is Cc1ccc(C(=O)NC2CCN(c3ccc(F)cc3F)C2)c(=O)[nH]1. The Kier molecular flexibility index (Phi) is 4.33. The van der Waals surface area contributed by atoms with Crippen molar-refractivity contribution < 1.29 is 13.6 Å². The lowest BCUT2D eigenvalue weighted by Gasteiger charge is -2.19. The largest absolute Gasteiger partial charge is 0.367 e. The van der Waals surface area contributed by atoms with Gasteiger partial charge in [0.15, 0.2) is 0 Å². The molecule has 0 bridgehead atoms. The zero-order valence-corrected chi connectivity index (χ0v) is 13.1. The zero-order chi connectivity index (χ0) is 17.3. The summed E-state index contributed by atoms with van der Waals surface area (Å²) >= 11 is 0. The summed E-state index contributed by atoms with van der Waals surface area (Å²) in [5.41, 5.74) is 0.593. The second-order valence-electron chi connectivity index (χ2n) is 5.88. The normalized spacial score (nSPS) is 17.1. The molecule has 1 saturated heterocycles. The molecule has 7 heteroatoms. The Hall–Kier alpha value is -2.70. The van der Waals surface area contributed by atoms with E-state index in [0.717, 1.165) is 6.07 Å². The molecule has 1 fully saturated rings. The summed E-state index contributed by atoms with van der Waals surface area (Å²) in [6.07, 6.45) is 0.617. The van der Waals surface area contributed by atoms with Gasteiger partial charge in [-0.15, -0.1) is 0 Å². The number of rotatable bonds is 3. The first-order valence-corrected chi connectivity index (χ1v) is 7.65. The number of carbonyl (C=O) groups excluding carboxylic acids is 1. The summed E-state index contributed by atoms with van der Waals surface area (Å²) in [6.45, 7) is 2.67. The fraction of sp³-hybridized carbons (Fsp3) is 0.294. The van der Waals surface area contributed by atoms with Crippen molar-refractivity contribution in [1.82, 2.24) is 10.3 Å². The van der Waals surface area contributed by atoms with Gasteiger partial charge in [0, 0.05) is 30.9 Å². The van der Waals surface area contributed by atoms with Gasteiger partial charge >= 0.3 is 0 Å². The molecule has 3 rings (SSSR count). The first-order chi connectivity index (χ1) is 11.4. The van der Waals surface area contributed by atoms with Crippen molar-refractivity contribution in [3.8, 4) is 0 Å². The molecule has 5 nitrogen and oxygen atoms in total. The Morgan fingerprint density at radius 2 is 2.08 bits per heavy atom. The molecule has 0 radical (unpaired) electrons. The molecule has 1 aliphatic heterocycles. The maximum absolute atomic E-state index is 13.8. The number of aromatic nitrogens is 1. The number of nitrogens with one attached hydrogen (secondary N) is 2. The summed E-state index contributed by atoms with van der Waals surface area (Å²) in [6, 6.07) is 6.37. The minimum atomic E-state index is -0.628. The monoisotopic (exact) mass is 333 g/mol. The predicted molar refractivity (Wildman–Crippen MR) is 86.2 cm³/mol. The van der Waals surface area contributed by atoms with Crippen LogP contribution < -0.4 is 15.8 Å². The van der Waals surface area contributed by atoms with Crippen LogP contribution in [0.4, 0.5) is 14.5 Å². The van der Waals surface area contributed by atoms with Gasteiger partial charge in [-0.1, -0.05) is 0 Å². The lowest BCUT2D eigenvalue weighted by atomic mass is 10.2. The van der Waals surface area contributed by atoms with Gasteiger partial charge in [-0.2, -0.15) is 0 Å². The number of halogens is 2. The molecule has 126 valence electrons. The highest BCUT2D eigenvalue weighted by atomic mass is 19.1. The minimum Gasteiger partial charge on any atom is -0.367 e. The van der Waals surface area contributed by atoms with Gasteiger partial charge in [-0.25, -0.2) is 8.78 Å². The molecule has 1 aromatic heterocycles. The van der Waals surface area contributed by atoms with E-state index in [1.54, 1.807) is 17.9 Å². The van der Waals surface area contributed by atoms with Gasteiger partial charge in [0.25, 0.3) is 11.5 Å². The van der Waals surface area contributed by atoms with Gasteiger partial charge in [0.1, 0.15) is 17.2 Å². The van der Waals surface area contributed by atoms with E-state index in [1.165, 1.54) is 18.2 Å². The average Bonchev–Trinajstić information content (AvgIpc) is 2.95. The van der Waals surface area contributed by atoms with Crippen molar-refractivity contribution in [3.05, 3.63) is 63.6 Å². The number of hydrogen-bond donors (Lipinski definition) is 2. The molecular formula is C17H17F2N3O2. The van der Waals surface area contributed by atoms with E-state index >= 15 is 0 Å². The summed E-state index contributed by atoms with van der Waals surface area (Å²) in [5.74, 6) is -1.71. The molecule has 0 saturated carbocycles. The van der Waals surface area contributed by atoms with Crippen molar-refractivity contribution in [2.24, 2.45) is 0 Å². The Labute approximate surface area is 137 Å². The van der Waals surface area contributed by atoms with E-state index in [-0.39, 0.29) is 11.6 Å². The van der Waals surface area contributed by atoms with Crippen LogP contribution in [0.5, 0.6) is 0 Å². The molecule has 2 aromatic rings. The Morgan fingerprint density at radius 1 is 1.29 bits per heavy atom. The van der Waals surface area contributed by atoms with E-state index < -0.39 is 23.1 Å². The van der Waals surface area contributed by atoms with Gasteiger partial charge in [0.05, 0.1) is 5.69 Å². The highest BCUT2D eigenvalue weighted by Crippen LogP contribution is 2.24. The van der Waals surface area contributed by atoms with Crippen molar-refractivity contribution in [1.29, 1.82) is 0 Å². The number of pyridine rings is 1. The Morgan fingerprint density at radius 3 is 2.79 bits per heavy atom. The number of aryl methyl sites for hydroxylation is 1. The third-order valence-electron chi connectivity index (χ3n) is 4.07. The highest BCUT2D eigenvalue weighted by molar-refractivity contribution is 5.94. The molecule has 2 N–H and O–H groups in total. The number of amides is 1. The van der Waals surface area contributed by atoms with Crippen molar-refractivity contribution in [2.45, 2.75) is 19.4 Å². The summed E-state index contributed by atoms with van der Waals surface area (Å²) in [7, 11) is 0. The van der Waals surface area contributed by atoms with Crippen LogP contribution in [-0.4, -0.2) is 30.0 Å². The van der Waals surface area contributed by atoms with Crippen LogP contribution in [0.25, 0.3) is 0 Å². The maximum Gasteiger partial charge on any atom is 0.260 e. The molecule has 0 spiro atoms. The molecule has 1 amide bonds. The van der Waals surface area contributed by atoms with Crippen LogP contribution in [0.15, 0.2) is 35.1 Å². The maximum atomic E-state index is 13.8. The first kappa shape index (κ1) is 16.2. The quantitative estimate of drug-likeness (QED) is 0.903. The minimum absolute atomic E-state index is 0.0482. The van der Waals surface area contributed by atoms with Gasteiger partial charge in [0.2, 0.25) is 0 Å². The van der Waals surface area contributed by atoms with E-state index in [2.05, 4.69) is 10.3 Å². The van der Waals surface area contributed by atoms with E-state index in [9.17, 15) is 18.4 Å². The van der Waals surface area contributed by atoms with E-state index in [0.29, 0.717) is 30.9 Å². The molecule has 1 aliphatic rings. The number of nitrogens with zero attached hydrogens (tertiary/aromatic N) is 1. The number of anilines is 1. The highest BCUT2D eigenvalue weighted by Gasteiger charge is 2.26. The number of benzene rings is 1. The van der Waals surface area contributed by atoms with Crippen molar-refractivity contribution in [2.75, 3.05) is 18.0 Å². The second-order valence-corrected chi connectivity index (χ2v) is 5.88. The number of aromatic amines is 1. The van der Waals surface area contributed by atoms with Crippen molar-refractivity contribution >= 4 is 11.6 Å². The van der Waals surface area contributed by atoms with Crippen LogP contribution in [-0.2, 0) is 0 Å². The molecule has 2 heterocycles. The third-order valence-corrected chi connectivity index (χ3v) is 4.07. The standard InChI is InChI=1S/C17H17F2N3O2/c1-10-2-4-13(16(23)20-10)17(24)21-12-6-7-22(9-12)15-5-3-11(18)8-14(15)19/h2-5,8,12H,6-7,9H2,1H3,(H,20,23)(H,21,24). The number of hydrogen-bond acceptors (Lipinski definition) is 3. The van der Waals surface area contributed by atoms with E-state index in [4.69, 9.17) is 0 Å². The van der Waals surface area contributed by atoms with Crippen molar-refractivity contribution in [3.63, 3.8) is 0 Å². The summed E-state index contributed by atoms with van der Waals surface area (Å²) in [5, 5.41) is 2.79. The lowest BCUT2D eigenvalue weighted by molar-refractivity contribution is 0.0939. The fourth-order valence-corrected chi connectivity index (χ4v) is 2.85. The second kappa shape index (κ2) is 6.43. The Bertz CT molecular complexity index is 835. The van der Waals surface area contributed by atoms with Crippen LogP contribution in [0.1, 0.15) is 22.5 Å². The third kappa shape index (κ3) is 3.29. The molecule has 0 aliphatic carbocycles. The van der Waals surface area contributed by atoms with Crippen LogP contribution >= 0.6 is 0 Å². The average molecular weight is 333 g/mol. The Balaban J connectivity index is 1.67. The summed E-state index contributed by atoms with van der Waals surface area (Å²) < 4.78 is 26.8. The van der Waals surface area contributed by atoms with Gasteiger partial charge in [-0.3, -0.25) is 9.59 Å². The molecule has 1 unspecified atom stereocenters. The van der Waals surface area contributed by atoms with Gasteiger partial charge in [-0.05, 0) is 37.6 Å². The molecule has 1 atom stereocenters. The molecule has 24 heavy (non-hydrogen) atoms. The predicted octanol–water partition coefficient (Wildman–Crippen LogP) is 1.97. The summed E-state index contributed by atoms with van der Waals surface area (Å²) in [4.78, 5) is 28.3. The number of H-pyrrole nitrogens is 1. The molecular weight excluding hydrogens is 316 g/mol. The van der Waals surface area contributed by atoms with Gasteiger partial charge < -0.3 is 15.2 Å². The van der Waals surface area contributed by atoms with Crippen LogP contribution in [0.3, 0.4) is 0 Å². The first-order valence-electron chi connectivity index (χ1n) is 7.65. The fourth-order valence-electron chi connectivity index (χ4n) is 2.85. The molecule has 1 aromatic carbocycles. The van der Waals surface area contributed by atoms with E-state index in [1.807, 2.05) is 0 Å². The lowest BCUT2D eigenvalue weighted by Crippen LogP contribution is -2.39. The number of carbonyl (C=O) groups is 1. The van der Waals surface area contributed by atoms with Crippen LogP contribution in [0, 0.1) is 18.6 Å². The smallest absolute Gasteiger partial charge is 0.260 e. The van der Waals surface area contributed by atoms with Crippen LogP contribution in [0.2, 0.25) is 0 Å².